The van der Waals surface area contributed by atoms with Gasteiger partial charge in [0.1, 0.15) is 0 Å². The SMILES string of the molecule is O=[N+]([O-])c1cccc(CNCC2CCS(=O)(=O)C2)c1F. The number of hydrogen-bond acceptors (Lipinski definition) is 5. The molecule has 0 aromatic heterocycles. The third-order valence-corrected chi connectivity index (χ3v) is 5.17. The smallest absolute Gasteiger partial charge is 0.305 e. The number of nitrogens with zero attached hydrogens (tertiary/aromatic N) is 1. The number of nitrogens with one attached hydrogen (secondary N) is 1. The predicted octanol–water partition coefficient (Wildman–Crippen LogP) is 1.26. The molecule has 0 aliphatic carbocycles. The number of nitro benzene ring substituents is 1. The van der Waals surface area contributed by atoms with Crippen LogP contribution in [0.25, 0.3) is 0 Å². The molecule has 0 radical (unpaired) electrons. The highest BCUT2D eigenvalue weighted by Crippen LogP contribution is 2.21. The van der Waals surface area contributed by atoms with E-state index in [1.807, 2.05) is 0 Å². The van der Waals surface area contributed by atoms with E-state index in [4.69, 9.17) is 0 Å². The van der Waals surface area contributed by atoms with Crippen molar-refractivity contribution in [3.05, 3.63) is 39.7 Å². The lowest BCUT2D eigenvalue weighted by Gasteiger charge is -2.10. The second kappa shape index (κ2) is 5.84. The van der Waals surface area contributed by atoms with Gasteiger partial charge in [-0.2, -0.15) is 4.39 Å². The Hall–Kier alpha value is -1.54. The van der Waals surface area contributed by atoms with Crippen LogP contribution in [0.3, 0.4) is 0 Å². The highest BCUT2D eigenvalue weighted by atomic mass is 32.2. The summed E-state index contributed by atoms with van der Waals surface area (Å²) in [6.07, 6.45) is 0.604. The first-order valence-corrected chi connectivity index (χ1v) is 8.04. The maximum absolute atomic E-state index is 13.8. The molecule has 1 atom stereocenters. The van der Waals surface area contributed by atoms with Crippen LogP contribution in [0, 0.1) is 21.8 Å². The van der Waals surface area contributed by atoms with Gasteiger partial charge >= 0.3 is 5.69 Å². The van der Waals surface area contributed by atoms with E-state index in [1.54, 1.807) is 0 Å². The molecule has 110 valence electrons. The molecule has 6 nitrogen and oxygen atoms in total. The molecule has 1 N–H and O–H groups in total. The number of nitro groups is 1. The lowest BCUT2D eigenvalue weighted by Crippen LogP contribution is -2.23. The van der Waals surface area contributed by atoms with Crippen LogP contribution in [0.2, 0.25) is 0 Å². The van der Waals surface area contributed by atoms with E-state index in [2.05, 4.69) is 5.32 Å². The molecular weight excluding hydrogens is 287 g/mol. The topological polar surface area (TPSA) is 89.3 Å². The summed E-state index contributed by atoms with van der Waals surface area (Å²) in [5.41, 5.74) is -0.340. The Morgan fingerprint density at radius 3 is 2.80 bits per heavy atom. The lowest BCUT2D eigenvalue weighted by atomic mass is 10.1. The van der Waals surface area contributed by atoms with Crippen LogP contribution < -0.4 is 5.32 Å². The molecule has 1 aromatic rings. The van der Waals surface area contributed by atoms with Gasteiger partial charge in [0, 0.05) is 18.2 Å². The van der Waals surface area contributed by atoms with Gasteiger partial charge in [-0.1, -0.05) is 12.1 Å². The van der Waals surface area contributed by atoms with Crippen LogP contribution in [0.4, 0.5) is 10.1 Å². The van der Waals surface area contributed by atoms with E-state index >= 15 is 0 Å². The first-order chi connectivity index (χ1) is 9.39. The highest BCUT2D eigenvalue weighted by molar-refractivity contribution is 7.91. The number of hydrogen-bond donors (Lipinski definition) is 1. The summed E-state index contributed by atoms with van der Waals surface area (Å²) in [5, 5.41) is 13.6. The minimum atomic E-state index is -2.92. The van der Waals surface area contributed by atoms with Crippen LogP contribution in [-0.4, -0.2) is 31.4 Å². The summed E-state index contributed by atoms with van der Waals surface area (Å²) < 4.78 is 36.3. The summed E-state index contributed by atoms with van der Waals surface area (Å²) in [6.45, 7) is 0.603. The molecule has 2 rings (SSSR count). The molecule has 1 saturated heterocycles. The van der Waals surface area contributed by atoms with Gasteiger partial charge < -0.3 is 5.32 Å². The summed E-state index contributed by atoms with van der Waals surface area (Å²) in [6, 6.07) is 4.02. The Labute approximate surface area is 116 Å². The third kappa shape index (κ3) is 3.51. The fourth-order valence-corrected chi connectivity index (χ4v) is 4.15. The maximum atomic E-state index is 13.8. The van der Waals surface area contributed by atoms with Crippen molar-refractivity contribution < 1.29 is 17.7 Å². The van der Waals surface area contributed by atoms with Crippen LogP contribution in [0.1, 0.15) is 12.0 Å². The standard InChI is InChI=1S/C12H15FN2O4S/c13-12-10(2-1-3-11(12)15(16)17)7-14-6-9-4-5-20(18,19)8-9/h1-3,9,14H,4-8H2. The van der Waals surface area contributed by atoms with E-state index < -0.39 is 26.3 Å². The van der Waals surface area contributed by atoms with Crippen LogP contribution in [-0.2, 0) is 16.4 Å². The molecule has 0 saturated carbocycles. The minimum absolute atomic E-state index is 0.0294. The lowest BCUT2D eigenvalue weighted by molar-refractivity contribution is -0.387. The highest BCUT2D eigenvalue weighted by Gasteiger charge is 2.27. The Morgan fingerprint density at radius 2 is 2.20 bits per heavy atom. The number of rotatable bonds is 5. The average molecular weight is 302 g/mol. The molecule has 0 amide bonds. The first-order valence-electron chi connectivity index (χ1n) is 6.22. The molecule has 20 heavy (non-hydrogen) atoms. The van der Waals surface area contributed by atoms with E-state index in [-0.39, 0.29) is 29.5 Å². The Balaban J connectivity index is 1.92. The summed E-state index contributed by atoms with van der Waals surface area (Å²) >= 11 is 0. The maximum Gasteiger partial charge on any atom is 0.305 e. The summed E-state index contributed by atoms with van der Waals surface area (Å²) in [5.74, 6) is -0.465. The second-order valence-electron chi connectivity index (χ2n) is 4.91. The molecule has 1 heterocycles. The van der Waals surface area contributed by atoms with E-state index in [9.17, 15) is 22.9 Å². The summed E-state index contributed by atoms with van der Waals surface area (Å²) in [7, 11) is -2.92. The van der Waals surface area contributed by atoms with Gasteiger partial charge in [-0.25, -0.2) is 8.42 Å². The molecule has 8 heteroatoms. The number of sulfone groups is 1. The normalized spacial score (nSPS) is 20.9. The van der Waals surface area contributed by atoms with Gasteiger partial charge in [0.2, 0.25) is 5.82 Å². The Kier molecular flexibility index (Phi) is 4.34. The van der Waals surface area contributed by atoms with Gasteiger partial charge in [-0.05, 0) is 18.9 Å². The first kappa shape index (κ1) is 14.9. The Morgan fingerprint density at radius 1 is 1.45 bits per heavy atom. The minimum Gasteiger partial charge on any atom is -0.312 e. The zero-order valence-electron chi connectivity index (χ0n) is 10.7. The zero-order chi connectivity index (χ0) is 14.8. The second-order valence-corrected chi connectivity index (χ2v) is 7.14. The molecule has 1 unspecified atom stereocenters. The van der Waals surface area contributed by atoms with Crippen molar-refractivity contribution in [3.63, 3.8) is 0 Å². The quantitative estimate of drug-likeness (QED) is 0.653. The average Bonchev–Trinajstić information content (AvgIpc) is 2.71. The van der Waals surface area contributed by atoms with Crippen LogP contribution in [0.5, 0.6) is 0 Å². The van der Waals surface area contributed by atoms with Gasteiger partial charge in [-0.3, -0.25) is 10.1 Å². The van der Waals surface area contributed by atoms with Crippen molar-refractivity contribution >= 4 is 15.5 Å². The van der Waals surface area contributed by atoms with Gasteiger partial charge in [0.15, 0.2) is 9.84 Å². The molecule has 1 aliphatic rings. The number of halogens is 1. The predicted molar refractivity (Wildman–Crippen MR) is 71.5 cm³/mol. The fourth-order valence-electron chi connectivity index (χ4n) is 2.29. The fraction of sp³-hybridized carbons (Fsp3) is 0.500. The molecule has 1 aliphatic heterocycles. The number of benzene rings is 1. The van der Waals surface area contributed by atoms with Gasteiger partial charge in [0.05, 0.1) is 16.4 Å². The van der Waals surface area contributed by atoms with E-state index in [1.165, 1.54) is 12.1 Å². The largest absolute Gasteiger partial charge is 0.312 e. The monoisotopic (exact) mass is 302 g/mol. The van der Waals surface area contributed by atoms with Crippen molar-refractivity contribution in [2.24, 2.45) is 5.92 Å². The van der Waals surface area contributed by atoms with Gasteiger partial charge in [-0.15, -0.1) is 0 Å². The van der Waals surface area contributed by atoms with Crippen molar-refractivity contribution in [1.29, 1.82) is 0 Å². The van der Waals surface area contributed by atoms with E-state index in [0.717, 1.165) is 6.07 Å². The van der Waals surface area contributed by atoms with Gasteiger partial charge in [0.25, 0.3) is 0 Å². The van der Waals surface area contributed by atoms with Crippen molar-refractivity contribution in [1.82, 2.24) is 5.32 Å². The van der Waals surface area contributed by atoms with Crippen LogP contribution >= 0.6 is 0 Å². The molecule has 1 aromatic carbocycles. The van der Waals surface area contributed by atoms with Crippen molar-refractivity contribution in [2.45, 2.75) is 13.0 Å². The molecule has 0 spiro atoms. The van der Waals surface area contributed by atoms with Crippen molar-refractivity contribution in [2.75, 3.05) is 18.1 Å². The third-order valence-electron chi connectivity index (χ3n) is 3.33. The Bertz CT molecular complexity index is 618. The summed E-state index contributed by atoms with van der Waals surface area (Å²) in [4.78, 5) is 9.85. The molecular formula is C12H15FN2O4S. The molecule has 1 fully saturated rings. The van der Waals surface area contributed by atoms with Crippen LogP contribution in [0.15, 0.2) is 18.2 Å². The molecule has 0 bridgehead atoms. The van der Waals surface area contributed by atoms with Crippen molar-refractivity contribution in [3.8, 4) is 0 Å². The zero-order valence-corrected chi connectivity index (χ0v) is 11.5. The van der Waals surface area contributed by atoms with E-state index in [0.29, 0.717) is 13.0 Å².